The van der Waals surface area contributed by atoms with E-state index in [9.17, 15) is 0 Å². The van der Waals surface area contributed by atoms with E-state index in [4.69, 9.17) is 18.6 Å². The third-order valence-electron chi connectivity index (χ3n) is 7.94. The molecule has 2 fully saturated rings. The predicted molar refractivity (Wildman–Crippen MR) is 140 cm³/mol. The van der Waals surface area contributed by atoms with Crippen molar-refractivity contribution in [1.29, 1.82) is 0 Å². The molecule has 0 N–H and O–H groups in total. The van der Waals surface area contributed by atoms with Crippen LogP contribution in [0.2, 0.25) is 18.6 Å². The maximum atomic E-state index is 4.89. The summed E-state index contributed by atoms with van der Waals surface area (Å²) in [6.07, 6.45) is 6.77. The Bertz CT molecular complexity index is 613. The van der Waals surface area contributed by atoms with Gasteiger partial charge in [-0.3, -0.25) is 0 Å². The van der Waals surface area contributed by atoms with Crippen molar-refractivity contribution >= 4 is 26.8 Å². The molecule has 2 nitrogen and oxygen atoms in total. The van der Waals surface area contributed by atoms with Crippen LogP contribution in [0.1, 0.15) is 48.0 Å². The van der Waals surface area contributed by atoms with E-state index in [1.165, 1.54) is 19.5 Å². The maximum absolute atomic E-state index is 4.89. The second-order valence-electron chi connectivity index (χ2n) is 10.9. The Kier molecular flexibility index (Phi) is 12.7. The predicted octanol–water partition coefficient (Wildman–Crippen LogP) is 8.16. The molecule has 0 bridgehead atoms. The standard InChI is InChI=1S/C24H43N2Si.CH3.2ClH.Ti/c1-16(2)19-13-20(17(3)4)24-21(18(5)6)15-23(22(24)14-19)27(7,8)26-11-9-25-10-12-26;;;;/h13-14,16-18,21-24H,9-12,15H2,1-8H3;1H3;2*1H;/q2*-1;;;+2/p-2/t21-,22?,23?,24?;;;;/m1..../s1. The molecule has 2 aliphatic carbocycles. The van der Waals surface area contributed by atoms with Crippen LogP contribution in [-0.2, 0) is 17.0 Å². The third-order valence-corrected chi connectivity index (χ3v) is 12.5. The molecular formula is C25H46Cl2N2SiTi-2. The molecule has 3 aliphatic rings. The van der Waals surface area contributed by atoms with Gasteiger partial charge >= 0.3 is 35.6 Å². The zero-order valence-corrected chi connectivity index (χ0v) is 25.5. The van der Waals surface area contributed by atoms with E-state index in [1.54, 1.807) is 11.1 Å². The molecule has 0 aromatic heterocycles. The van der Waals surface area contributed by atoms with Crippen molar-refractivity contribution in [3.63, 3.8) is 0 Å². The number of fused-ring (bicyclic) bond motifs is 1. The molecule has 0 aromatic carbocycles. The summed E-state index contributed by atoms with van der Waals surface area (Å²) < 4.78 is 2.89. The van der Waals surface area contributed by atoms with Crippen molar-refractivity contribution in [2.45, 2.75) is 66.6 Å². The SMILES string of the molecule is CC(C)C1=CC2C(C(C(C)C)=C1)[C@@H](C(C)C)CC2[Si](C)(C)N1CC[N-]CC1.[CH3-].[Cl][Ti][Cl]. The van der Waals surface area contributed by atoms with Gasteiger partial charge in [0, 0.05) is 0 Å². The average Bonchev–Trinajstić information content (AvgIpc) is 3.09. The van der Waals surface area contributed by atoms with Crippen LogP contribution in [0.4, 0.5) is 0 Å². The third kappa shape index (κ3) is 6.96. The van der Waals surface area contributed by atoms with E-state index in [0.29, 0.717) is 11.8 Å². The van der Waals surface area contributed by atoms with Crippen molar-refractivity contribution in [2.75, 3.05) is 26.2 Å². The van der Waals surface area contributed by atoms with Crippen LogP contribution in [-0.4, -0.2) is 39.0 Å². The Balaban J connectivity index is 0.00000113. The van der Waals surface area contributed by atoms with Crippen LogP contribution in [0.5, 0.6) is 0 Å². The van der Waals surface area contributed by atoms with Gasteiger partial charge < -0.3 is 17.3 Å². The molecule has 4 atom stereocenters. The van der Waals surface area contributed by atoms with Crippen molar-refractivity contribution in [3.05, 3.63) is 36.0 Å². The van der Waals surface area contributed by atoms with Crippen LogP contribution < -0.4 is 0 Å². The van der Waals surface area contributed by atoms with Crippen LogP contribution in [0.25, 0.3) is 5.32 Å². The molecule has 0 spiro atoms. The van der Waals surface area contributed by atoms with Gasteiger partial charge in [-0.1, -0.05) is 72.4 Å². The average molecular weight is 522 g/mol. The molecule has 1 saturated carbocycles. The van der Waals surface area contributed by atoms with Gasteiger partial charge in [-0.15, -0.1) is 13.1 Å². The first-order valence-electron chi connectivity index (χ1n) is 11.8. The van der Waals surface area contributed by atoms with Crippen molar-refractivity contribution < 1.29 is 17.0 Å². The summed E-state index contributed by atoms with van der Waals surface area (Å²) in [5.41, 5.74) is 4.24. The van der Waals surface area contributed by atoms with E-state index in [0.717, 1.165) is 42.3 Å². The molecule has 6 heteroatoms. The summed E-state index contributed by atoms with van der Waals surface area (Å²) in [7, 11) is 8.29. The molecule has 3 unspecified atom stereocenters. The Hall–Kier alpha value is 0.911. The first kappa shape index (κ1) is 29.9. The van der Waals surface area contributed by atoms with E-state index in [1.807, 2.05) is 0 Å². The minimum absolute atomic E-state index is 0. The van der Waals surface area contributed by atoms with Crippen molar-refractivity contribution in [2.24, 2.45) is 35.5 Å². The normalized spacial score (nSPS) is 29.1. The number of halogens is 2. The fourth-order valence-electron chi connectivity index (χ4n) is 6.16. The monoisotopic (exact) mass is 520 g/mol. The van der Waals surface area contributed by atoms with Gasteiger partial charge in [0.05, 0.1) is 0 Å². The summed E-state index contributed by atoms with van der Waals surface area (Å²) >= 11 is -0.556. The van der Waals surface area contributed by atoms with Crippen molar-refractivity contribution in [3.8, 4) is 0 Å². The van der Waals surface area contributed by atoms with Gasteiger partial charge in [0.15, 0.2) is 0 Å². The van der Waals surface area contributed by atoms with Crippen molar-refractivity contribution in [1.82, 2.24) is 4.57 Å². The Labute approximate surface area is 211 Å². The molecule has 180 valence electrons. The molecular weight excluding hydrogens is 475 g/mol. The Morgan fingerprint density at radius 1 is 1.03 bits per heavy atom. The van der Waals surface area contributed by atoms with Crippen LogP contribution >= 0.6 is 18.6 Å². The second kappa shape index (κ2) is 13.1. The molecule has 0 aromatic rings. The van der Waals surface area contributed by atoms with Gasteiger partial charge in [-0.25, -0.2) is 0 Å². The fraction of sp³-hybridized carbons (Fsp3) is 0.800. The Morgan fingerprint density at radius 3 is 2.03 bits per heavy atom. The van der Waals surface area contributed by atoms with E-state index in [2.05, 4.69) is 76.7 Å². The molecule has 1 aliphatic heterocycles. The number of hydrogen-bond donors (Lipinski definition) is 0. The van der Waals surface area contributed by atoms with Gasteiger partial charge in [0.2, 0.25) is 0 Å². The summed E-state index contributed by atoms with van der Waals surface area (Å²) in [4.78, 5) is 0. The number of allylic oxidation sites excluding steroid dienone is 4. The zero-order valence-electron chi connectivity index (χ0n) is 21.4. The quantitative estimate of drug-likeness (QED) is 0.264. The number of hydrogen-bond acceptors (Lipinski definition) is 1. The Morgan fingerprint density at radius 2 is 1.58 bits per heavy atom. The van der Waals surface area contributed by atoms with E-state index in [-0.39, 0.29) is 7.43 Å². The molecule has 0 amide bonds. The van der Waals surface area contributed by atoms with Crippen LogP contribution in [0.3, 0.4) is 0 Å². The van der Waals surface area contributed by atoms with Gasteiger partial charge in [-0.2, -0.15) is 0 Å². The zero-order chi connectivity index (χ0) is 22.6. The number of rotatable bonds is 5. The van der Waals surface area contributed by atoms with Crippen LogP contribution in [0, 0.1) is 42.9 Å². The van der Waals surface area contributed by atoms with Gasteiger partial charge in [-0.05, 0) is 66.1 Å². The topological polar surface area (TPSA) is 17.3 Å². The molecule has 0 radical (unpaired) electrons. The number of nitrogens with zero attached hydrogens (tertiary/aromatic N) is 2. The molecule has 1 saturated heterocycles. The van der Waals surface area contributed by atoms with Gasteiger partial charge in [0.25, 0.3) is 0 Å². The van der Waals surface area contributed by atoms with E-state index < -0.39 is 25.3 Å². The first-order valence-corrected chi connectivity index (χ1v) is 19.2. The first-order chi connectivity index (χ1) is 14.1. The summed E-state index contributed by atoms with van der Waals surface area (Å²) in [5, 5.41) is 4.62. The van der Waals surface area contributed by atoms with Gasteiger partial charge in [0.1, 0.15) is 8.24 Å². The summed E-state index contributed by atoms with van der Waals surface area (Å²) in [5.74, 6) is 4.46. The second-order valence-corrected chi connectivity index (χ2v) is 18.1. The number of piperazine rings is 1. The fourth-order valence-corrected chi connectivity index (χ4v) is 10.1. The molecule has 1 heterocycles. The summed E-state index contributed by atoms with van der Waals surface area (Å²) in [6, 6.07) is 0. The molecule has 31 heavy (non-hydrogen) atoms. The molecule has 3 rings (SSSR count). The summed E-state index contributed by atoms with van der Waals surface area (Å²) in [6.45, 7) is 24.4. The minimum atomic E-state index is -1.49. The van der Waals surface area contributed by atoms with E-state index >= 15 is 0 Å². The van der Waals surface area contributed by atoms with Crippen LogP contribution in [0.15, 0.2) is 23.3 Å².